The van der Waals surface area contributed by atoms with Crippen LogP contribution in [0, 0.1) is 0 Å². The zero-order valence-electron chi connectivity index (χ0n) is 10.6. The SMILES string of the molecule is CC(=O)c1ccc(C(C)=O)cc1.c1ccccc1. The van der Waals surface area contributed by atoms with Crippen molar-refractivity contribution < 1.29 is 9.59 Å². The molecule has 0 aromatic heterocycles. The van der Waals surface area contributed by atoms with Gasteiger partial charge in [-0.2, -0.15) is 0 Å². The second kappa shape index (κ2) is 7.17. The van der Waals surface area contributed by atoms with Crippen molar-refractivity contribution in [1.29, 1.82) is 0 Å². The molecule has 0 amide bonds. The van der Waals surface area contributed by atoms with E-state index < -0.39 is 0 Å². The number of rotatable bonds is 2. The molecule has 0 unspecified atom stereocenters. The van der Waals surface area contributed by atoms with Gasteiger partial charge in [-0.1, -0.05) is 60.7 Å². The van der Waals surface area contributed by atoms with Crippen molar-refractivity contribution in [2.24, 2.45) is 0 Å². The van der Waals surface area contributed by atoms with Gasteiger partial charge in [0.2, 0.25) is 0 Å². The molecular weight excluding hydrogens is 224 g/mol. The molecule has 0 fully saturated rings. The molecule has 0 atom stereocenters. The molecule has 0 heterocycles. The number of hydrogen-bond acceptors (Lipinski definition) is 2. The lowest BCUT2D eigenvalue weighted by Gasteiger charge is -1.96. The third-order valence-corrected chi connectivity index (χ3v) is 2.36. The highest BCUT2D eigenvalue weighted by atomic mass is 16.1. The summed E-state index contributed by atoms with van der Waals surface area (Å²) >= 11 is 0. The number of Topliss-reactive ketones (excluding diaryl/α,β-unsaturated/α-hetero) is 2. The molecule has 0 bridgehead atoms. The minimum atomic E-state index is 0.0186. The van der Waals surface area contributed by atoms with Gasteiger partial charge in [-0.05, 0) is 13.8 Å². The third kappa shape index (κ3) is 4.74. The maximum Gasteiger partial charge on any atom is 0.159 e. The smallest absolute Gasteiger partial charge is 0.159 e. The lowest BCUT2D eigenvalue weighted by molar-refractivity contribution is 0.100. The second-order valence-corrected chi connectivity index (χ2v) is 3.84. The van der Waals surface area contributed by atoms with Gasteiger partial charge < -0.3 is 0 Å². The van der Waals surface area contributed by atoms with Crippen LogP contribution in [0.25, 0.3) is 0 Å². The first-order valence-electron chi connectivity index (χ1n) is 5.73. The summed E-state index contributed by atoms with van der Waals surface area (Å²) in [6.45, 7) is 3.01. The van der Waals surface area contributed by atoms with E-state index in [9.17, 15) is 9.59 Å². The molecule has 0 aliphatic rings. The first kappa shape index (κ1) is 13.8. The van der Waals surface area contributed by atoms with E-state index in [-0.39, 0.29) is 11.6 Å². The lowest BCUT2D eigenvalue weighted by Crippen LogP contribution is -1.95. The van der Waals surface area contributed by atoms with E-state index in [1.165, 1.54) is 13.8 Å². The van der Waals surface area contributed by atoms with Crippen LogP contribution in [-0.4, -0.2) is 11.6 Å². The van der Waals surface area contributed by atoms with Crippen LogP contribution in [0.4, 0.5) is 0 Å². The molecule has 0 saturated heterocycles. The van der Waals surface area contributed by atoms with E-state index in [0.29, 0.717) is 11.1 Å². The van der Waals surface area contributed by atoms with Crippen molar-refractivity contribution in [3.8, 4) is 0 Å². The van der Waals surface area contributed by atoms with Crippen LogP contribution in [0.1, 0.15) is 34.6 Å². The summed E-state index contributed by atoms with van der Waals surface area (Å²) in [6, 6.07) is 18.7. The summed E-state index contributed by atoms with van der Waals surface area (Å²) in [7, 11) is 0. The van der Waals surface area contributed by atoms with Gasteiger partial charge >= 0.3 is 0 Å². The highest BCUT2D eigenvalue weighted by Crippen LogP contribution is 2.05. The molecule has 2 heteroatoms. The van der Waals surface area contributed by atoms with E-state index in [1.54, 1.807) is 24.3 Å². The van der Waals surface area contributed by atoms with Gasteiger partial charge in [0.05, 0.1) is 0 Å². The van der Waals surface area contributed by atoms with Crippen molar-refractivity contribution >= 4 is 11.6 Å². The fraction of sp³-hybridized carbons (Fsp3) is 0.125. The van der Waals surface area contributed by atoms with Gasteiger partial charge in [0.1, 0.15) is 0 Å². The molecule has 0 radical (unpaired) electrons. The Hall–Kier alpha value is -2.22. The molecule has 0 aliphatic carbocycles. The largest absolute Gasteiger partial charge is 0.295 e. The summed E-state index contributed by atoms with van der Waals surface area (Å²) in [5.74, 6) is 0.0372. The minimum Gasteiger partial charge on any atom is -0.295 e. The van der Waals surface area contributed by atoms with Gasteiger partial charge in [0.25, 0.3) is 0 Å². The first-order chi connectivity index (χ1) is 8.61. The Morgan fingerprint density at radius 2 is 0.833 bits per heavy atom. The summed E-state index contributed by atoms with van der Waals surface area (Å²) in [5, 5.41) is 0. The van der Waals surface area contributed by atoms with Crippen molar-refractivity contribution in [3.05, 3.63) is 71.8 Å². The summed E-state index contributed by atoms with van der Waals surface area (Å²) < 4.78 is 0. The molecule has 0 saturated carbocycles. The monoisotopic (exact) mass is 240 g/mol. The van der Waals surface area contributed by atoms with Crippen molar-refractivity contribution in [2.45, 2.75) is 13.8 Å². The quantitative estimate of drug-likeness (QED) is 0.749. The molecule has 2 nitrogen and oxygen atoms in total. The van der Waals surface area contributed by atoms with Crippen molar-refractivity contribution in [1.82, 2.24) is 0 Å². The van der Waals surface area contributed by atoms with Crippen LogP contribution in [0.5, 0.6) is 0 Å². The van der Waals surface area contributed by atoms with Crippen LogP contribution in [0.3, 0.4) is 0 Å². The Balaban J connectivity index is 0.000000225. The molecule has 18 heavy (non-hydrogen) atoms. The van der Waals surface area contributed by atoms with Crippen LogP contribution >= 0.6 is 0 Å². The molecule has 2 rings (SSSR count). The van der Waals surface area contributed by atoms with Crippen LogP contribution in [0.2, 0.25) is 0 Å². The average molecular weight is 240 g/mol. The van der Waals surface area contributed by atoms with Crippen molar-refractivity contribution in [3.63, 3.8) is 0 Å². The van der Waals surface area contributed by atoms with E-state index in [1.807, 2.05) is 36.4 Å². The van der Waals surface area contributed by atoms with Crippen molar-refractivity contribution in [2.75, 3.05) is 0 Å². The highest BCUT2D eigenvalue weighted by molar-refractivity contribution is 5.97. The lowest BCUT2D eigenvalue weighted by atomic mass is 10.1. The zero-order valence-corrected chi connectivity index (χ0v) is 10.6. The minimum absolute atomic E-state index is 0.0186. The van der Waals surface area contributed by atoms with E-state index in [2.05, 4.69) is 0 Å². The number of carbonyl (C=O) groups excluding carboxylic acids is 2. The number of carbonyl (C=O) groups is 2. The van der Waals surface area contributed by atoms with Crippen LogP contribution in [0.15, 0.2) is 60.7 Å². The standard InChI is InChI=1S/C10H10O2.C6H6/c1-7(11)9-3-5-10(6-4-9)8(2)12;1-2-4-6-5-3-1/h3-6H,1-2H3;1-6H. The molecule has 0 N–H and O–H groups in total. The molecule has 92 valence electrons. The summed E-state index contributed by atoms with van der Waals surface area (Å²) in [6.07, 6.45) is 0. The normalized spacial score (nSPS) is 9.00. The highest BCUT2D eigenvalue weighted by Gasteiger charge is 2.00. The Morgan fingerprint density at radius 3 is 1.00 bits per heavy atom. The van der Waals surface area contributed by atoms with E-state index in [0.717, 1.165) is 0 Å². The predicted octanol–water partition coefficient (Wildman–Crippen LogP) is 3.78. The second-order valence-electron chi connectivity index (χ2n) is 3.84. The average Bonchev–Trinajstić information content (AvgIpc) is 2.41. The summed E-state index contributed by atoms with van der Waals surface area (Å²) in [5.41, 5.74) is 1.28. The Morgan fingerprint density at radius 1 is 0.611 bits per heavy atom. The molecule has 2 aromatic rings. The van der Waals surface area contributed by atoms with Gasteiger partial charge in [0.15, 0.2) is 11.6 Å². The number of benzene rings is 2. The Labute approximate surface area is 107 Å². The number of hydrogen-bond donors (Lipinski definition) is 0. The van der Waals surface area contributed by atoms with Crippen LogP contribution < -0.4 is 0 Å². The van der Waals surface area contributed by atoms with Gasteiger partial charge in [0, 0.05) is 11.1 Å². The number of ketones is 2. The fourth-order valence-corrected chi connectivity index (χ4v) is 1.32. The van der Waals surface area contributed by atoms with Gasteiger partial charge in [-0.3, -0.25) is 9.59 Å². The van der Waals surface area contributed by atoms with Crippen LogP contribution in [-0.2, 0) is 0 Å². The Bertz CT molecular complexity index is 439. The van der Waals surface area contributed by atoms with E-state index >= 15 is 0 Å². The molecule has 0 spiro atoms. The predicted molar refractivity (Wildman–Crippen MR) is 72.9 cm³/mol. The first-order valence-corrected chi connectivity index (χ1v) is 5.73. The Kier molecular flexibility index (Phi) is 5.52. The maximum atomic E-state index is 10.8. The third-order valence-electron chi connectivity index (χ3n) is 2.36. The topological polar surface area (TPSA) is 34.1 Å². The fourth-order valence-electron chi connectivity index (χ4n) is 1.32. The molecular formula is C16H16O2. The molecule has 2 aromatic carbocycles. The van der Waals surface area contributed by atoms with E-state index in [4.69, 9.17) is 0 Å². The zero-order chi connectivity index (χ0) is 13.4. The van der Waals surface area contributed by atoms with Gasteiger partial charge in [-0.25, -0.2) is 0 Å². The van der Waals surface area contributed by atoms with Gasteiger partial charge in [-0.15, -0.1) is 0 Å². The maximum absolute atomic E-state index is 10.8. The summed E-state index contributed by atoms with van der Waals surface area (Å²) in [4.78, 5) is 21.7. The molecule has 0 aliphatic heterocycles.